The number of halogens is 2. The van der Waals surface area contributed by atoms with E-state index in [2.05, 4.69) is 20.9 Å². The zero-order valence-corrected chi connectivity index (χ0v) is 9.75. The van der Waals surface area contributed by atoms with E-state index in [0.29, 0.717) is 16.6 Å². The van der Waals surface area contributed by atoms with Crippen molar-refractivity contribution in [3.63, 3.8) is 0 Å². The summed E-state index contributed by atoms with van der Waals surface area (Å²) < 4.78 is 0.593. The highest BCUT2D eigenvalue weighted by atomic mass is 79.9. The van der Waals surface area contributed by atoms with Gasteiger partial charge in [0, 0.05) is 28.5 Å². The Bertz CT molecular complexity index is 357. The average molecular weight is 280 g/mol. The van der Waals surface area contributed by atoms with Crippen LogP contribution >= 0.6 is 27.5 Å². The maximum atomic E-state index is 10.7. The predicted octanol–water partition coefficient (Wildman–Crippen LogP) is 2.92. The molecule has 1 rings (SSSR count). The fourth-order valence-corrected chi connectivity index (χ4v) is 1.50. The predicted molar refractivity (Wildman–Crippen MR) is 57.6 cm³/mol. The van der Waals surface area contributed by atoms with Gasteiger partial charge < -0.3 is 0 Å². The second-order valence-electron chi connectivity index (χ2n) is 2.86. The van der Waals surface area contributed by atoms with Gasteiger partial charge >= 0.3 is 0 Å². The highest BCUT2D eigenvalue weighted by molar-refractivity contribution is 9.10. The van der Waals surface area contributed by atoms with Gasteiger partial charge in [0.25, 0.3) is 5.69 Å². The third-order valence-electron chi connectivity index (χ3n) is 1.59. The molecule has 1 aromatic heterocycles. The molecule has 0 saturated carbocycles. The van der Waals surface area contributed by atoms with Crippen molar-refractivity contribution in [3.8, 4) is 0 Å². The number of hydrogen-bond acceptors (Lipinski definition) is 3. The van der Waals surface area contributed by atoms with Crippen LogP contribution in [0.2, 0.25) is 0 Å². The van der Waals surface area contributed by atoms with Gasteiger partial charge in [-0.15, -0.1) is 11.6 Å². The van der Waals surface area contributed by atoms with Gasteiger partial charge in [-0.2, -0.15) is 0 Å². The molecule has 1 atom stereocenters. The molecule has 76 valence electrons. The minimum atomic E-state index is -0.452. The number of nitro groups is 1. The SMILES string of the molecule is CC(Cl)Cc1ncc(Br)cc1[N+](=O)[O-]. The Balaban J connectivity index is 3.08. The van der Waals surface area contributed by atoms with Gasteiger partial charge in [-0.25, -0.2) is 0 Å². The van der Waals surface area contributed by atoms with Gasteiger partial charge in [0.1, 0.15) is 5.69 Å². The molecule has 0 aromatic carbocycles. The van der Waals surface area contributed by atoms with E-state index < -0.39 is 4.92 Å². The van der Waals surface area contributed by atoms with Crippen molar-refractivity contribution in [2.24, 2.45) is 0 Å². The van der Waals surface area contributed by atoms with Crippen LogP contribution in [0.15, 0.2) is 16.7 Å². The third-order valence-corrected chi connectivity index (χ3v) is 2.17. The van der Waals surface area contributed by atoms with E-state index in [4.69, 9.17) is 11.6 Å². The standard InChI is InChI=1S/C8H8BrClN2O2/c1-5(10)2-7-8(12(13)14)3-6(9)4-11-7/h3-5H,2H2,1H3. The summed E-state index contributed by atoms with van der Waals surface area (Å²) in [4.78, 5) is 14.2. The van der Waals surface area contributed by atoms with Crippen LogP contribution in [0, 0.1) is 10.1 Å². The molecule has 1 aromatic rings. The Morgan fingerprint density at radius 1 is 1.79 bits per heavy atom. The van der Waals surface area contributed by atoms with E-state index in [-0.39, 0.29) is 11.1 Å². The molecule has 4 nitrogen and oxygen atoms in total. The zero-order chi connectivity index (χ0) is 10.7. The lowest BCUT2D eigenvalue weighted by atomic mass is 10.2. The van der Waals surface area contributed by atoms with E-state index in [1.165, 1.54) is 12.3 Å². The van der Waals surface area contributed by atoms with Crippen LogP contribution < -0.4 is 0 Å². The van der Waals surface area contributed by atoms with E-state index in [1.54, 1.807) is 6.92 Å². The Hall–Kier alpha value is -0.680. The topological polar surface area (TPSA) is 56.0 Å². The van der Waals surface area contributed by atoms with Crippen LogP contribution in [-0.2, 0) is 6.42 Å². The lowest BCUT2D eigenvalue weighted by Crippen LogP contribution is -2.04. The second-order valence-corrected chi connectivity index (χ2v) is 4.52. The molecule has 0 saturated heterocycles. The van der Waals surface area contributed by atoms with Crippen molar-refractivity contribution < 1.29 is 4.92 Å². The molecule has 0 bridgehead atoms. The number of alkyl halides is 1. The molecule has 1 heterocycles. The summed E-state index contributed by atoms with van der Waals surface area (Å²) in [6.45, 7) is 1.77. The Kier molecular flexibility index (Phi) is 3.83. The summed E-state index contributed by atoms with van der Waals surface area (Å²) in [6.07, 6.45) is 1.92. The van der Waals surface area contributed by atoms with Crippen LogP contribution in [0.3, 0.4) is 0 Å². The number of aromatic nitrogens is 1. The third kappa shape index (κ3) is 2.92. The lowest BCUT2D eigenvalue weighted by Gasteiger charge is -2.03. The van der Waals surface area contributed by atoms with Gasteiger partial charge in [0.2, 0.25) is 0 Å². The quantitative estimate of drug-likeness (QED) is 0.485. The van der Waals surface area contributed by atoms with Gasteiger partial charge in [-0.3, -0.25) is 15.1 Å². The van der Waals surface area contributed by atoms with E-state index in [9.17, 15) is 10.1 Å². The summed E-state index contributed by atoms with van der Waals surface area (Å²) in [5, 5.41) is 10.5. The molecule has 6 heteroatoms. The van der Waals surface area contributed by atoms with E-state index >= 15 is 0 Å². The van der Waals surface area contributed by atoms with E-state index in [1.807, 2.05) is 0 Å². The van der Waals surface area contributed by atoms with Crippen LogP contribution in [0.1, 0.15) is 12.6 Å². The van der Waals surface area contributed by atoms with Crippen molar-refractivity contribution in [2.75, 3.05) is 0 Å². The fraction of sp³-hybridized carbons (Fsp3) is 0.375. The lowest BCUT2D eigenvalue weighted by molar-refractivity contribution is -0.386. The first kappa shape index (κ1) is 11.4. The van der Waals surface area contributed by atoms with Crippen molar-refractivity contribution in [1.29, 1.82) is 0 Å². The van der Waals surface area contributed by atoms with Crippen molar-refractivity contribution in [3.05, 3.63) is 32.5 Å². The van der Waals surface area contributed by atoms with Crippen LogP contribution in [-0.4, -0.2) is 15.3 Å². The monoisotopic (exact) mass is 278 g/mol. The van der Waals surface area contributed by atoms with Crippen molar-refractivity contribution in [2.45, 2.75) is 18.7 Å². The molecule has 0 radical (unpaired) electrons. The van der Waals surface area contributed by atoms with Gasteiger partial charge in [-0.05, 0) is 22.9 Å². The fourth-order valence-electron chi connectivity index (χ4n) is 1.04. The molecule has 0 aliphatic heterocycles. The number of hydrogen-bond donors (Lipinski definition) is 0. The molecule has 0 aliphatic rings. The first-order valence-electron chi connectivity index (χ1n) is 3.93. The molecular formula is C8H8BrClN2O2. The summed E-state index contributed by atoms with van der Waals surface area (Å²) in [7, 11) is 0. The van der Waals surface area contributed by atoms with Crippen molar-refractivity contribution >= 4 is 33.2 Å². The molecule has 0 fully saturated rings. The summed E-state index contributed by atoms with van der Waals surface area (Å²) in [5.74, 6) is 0. The molecular weight excluding hydrogens is 271 g/mol. The first-order chi connectivity index (χ1) is 6.50. The number of nitrogens with zero attached hydrogens (tertiary/aromatic N) is 2. The molecule has 0 N–H and O–H groups in total. The molecule has 0 spiro atoms. The maximum absolute atomic E-state index is 10.7. The highest BCUT2D eigenvalue weighted by Crippen LogP contribution is 2.22. The summed E-state index contributed by atoms with van der Waals surface area (Å²) in [5.41, 5.74) is 0.424. The normalized spacial score (nSPS) is 12.5. The largest absolute Gasteiger partial charge is 0.291 e. The molecule has 1 unspecified atom stereocenters. The molecule has 0 amide bonds. The smallest absolute Gasteiger partial charge is 0.258 e. The first-order valence-corrected chi connectivity index (χ1v) is 5.16. The summed E-state index contributed by atoms with van der Waals surface area (Å²) >= 11 is 8.89. The Morgan fingerprint density at radius 3 is 2.93 bits per heavy atom. The Morgan fingerprint density at radius 2 is 2.43 bits per heavy atom. The minimum absolute atomic E-state index is 0.00637. The highest BCUT2D eigenvalue weighted by Gasteiger charge is 2.16. The summed E-state index contributed by atoms with van der Waals surface area (Å²) in [6, 6.07) is 1.43. The van der Waals surface area contributed by atoms with E-state index in [0.717, 1.165) is 0 Å². The minimum Gasteiger partial charge on any atom is -0.258 e. The van der Waals surface area contributed by atoms with Gasteiger partial charge in [0.15, 0.2) is 0 Å². The van der Waals surface area contributed by atoms with Crippen LogP contribution in [0.25, 0.3) is 0 Å². The zero-order valence-electron chi connectivity index (χ0n) is 7.41. The van der Waals surface area contributed by atoms with Gasteiger partial charge in [0.05, 0.1) is 4.92 Å². The molecule has 14 heavy (non-hydrogen) atoms. The second kappa shape index (κ2) is 4.70. The number of rotatable bonds is 3. The number of pyridine rings is 1. The maximum Gasteiger partial charge on any atom is 0.291 e. The van der Waals surface area contributed by atoms with Crippen LogP contribution in [0.5, 0.6) is 0 Å². The van der Waals surface area contributed by atoms with Gasteiger partial charge in [-0.1, -0.05) is 0 Å². The molecule has 0 aliphatic carbocycles. The Labute approximate surface area is 94.6 Å². The average Bonchev–Trinajstić information content (AvgIpc) is 2.07. The van der Waals surface area contributed by atoms with Crippen LogP contribution in [0.4, 0.5) is 5.69 Å². The van der Waals surface area contributed by atoms with Crippen molar-refractivity contribution in [1.82, 2.24) is 4.98 Å².